The molecule has 0 aliphatic heterocycles. The Morgan fingerprint density at radius 2 is 1.85 bits per heavy atom. The number of halogens is 2. The van der Waals surface area contributed by atoms with E-state index in [0.29, 0.717) is 12.8 Å². The Kier molecular flexibility index (Phi) is 10.2. The first-order valence-electron chi connectivity index (χ1n) is 12.0. The zero-order chi connectivity index (χ0) is 25.5. The zero-order valence-corrected chi connectivity index (χ0v) is 22.5. The van der Waals surface area contributed by atoms with Gasteiger partial charge in [0.2, 0.25) is 5.92 Å². The number of esters is 1. The molecule has 34 heavy (non-hydrogen) atoms. The summed E-state index contributed by atoms with van der Waals surface area (Å²) in [5, 5.41) is 0. The van der Waals surface area contributed by atoms with Crippen LogP contribution in [-0.4, -0.2) is 53.5 Å². The van der Waals surface area contributed by atoms with E-state index in [4.69, 9.17) is 9.72 Å². The van der Waals surface area contributed by atoms with Crippen LogP contribution in [0.15, 0.2) is 18.2 Å². The molecule has 0 bridgehead atoms. The molecule has 6 nitrogen and oxygen atoms in total. The van der Waals surface area contributed by atoms with E-state index in [1.165, 1.54) is 24.8 Å². The Bertz CT molecular complexity index is 935. The third-order valence-corrected chi connectivity index (χ3v) is 6.50. The van der Waals surface area contributed by atoms with Gasteiger partial charge in [-0.15, -0.1) is 0 Å². The second kappa shape index (κ2) is 12.2. The number of carbonyl (C=O) groups excluding carboxylic acids is 1. The smallest absolute Gasteiger partial charge is 0.320 e. The van der Waals surface area contributed by atoms with Crippen molar-refractivity contribution in [2.45, 2.75) is 84.1 Å². The molecule has 192 valence electrons. The molecule has 9 heteroatoms. The maximum Gasteiger partial charge on any atom is 0.320 e. The van der Waals surface area contributed by atoms with Crippen LogP contribution in [0, 0.1) is 0 Å². The first kappa shape index (κ1) is 28.4. The number of fused-ring (bicyclic) bond motifs is 1. The average molecular weight is 499 g/mol. The van der Waals surface area contributed by atoms with Crippen molar-refractivity contribution in [2.75, 3.05) is 32.1 Å². The van der Waals surface area contributed by atoms with Crippen LogP contribution in [0.5, 0.6) is 0 Å². The number of nitrogens with zero attached hydrogens (tertiary/aromatic N) is 4. The van der Waals surface area contributed by atoms with Crippen molar-refractivity contribution in [1.82, 2.24) is 13.9 Å². The Labute approximate surface area is 207 Å². The van der Waals surface area contributed by atoms with E-state index in [1.54, 1.807) is 0 Å². The molecule has 2 aromatic rings. The number of benzene rings is 1. The number of imidazole rings is 1. The summed E-state index contributed by atoms with van der Waals surface area (Å²) in [5.74, 6) is -1.46. The molecule has 0 N–H and O–H groups in total. The second-order valence-corrected chi connectivity index (χ2v) is 11.2. The first-order chi connectivity index (χ1) is 15.9. The number of ether oxygens (including phenoxy) is 1. The summed E-state index contributed by atoms with van der Waals surface area (Å²) in [4.78, 5) is 16.3. The molecule has 1 heterocycles. The summed E-state index contributed by atoms with van der Waals surface area (Å²) < 4.78 is 35.3. The highest BCUT2D eigenvalue weighted by atomic mass is 32.2. The van der Waals surface area contributed by atoms with Crippen LogP contribution in [0.25, 0.3) is 11.0 Å². The van der Waals surface area contributed by atoms with Crippen LogP contribution >= 0.6 is 12.1 Å². The van der Waals surface area contributed by atoms with Crippen molar-refractivity contribution in [3.05, 3.63) is 24.0 Å². The van der Waals surface area contributed by atoms with Crippen molar-refractivity contribution in [2.24, 2.45) is 0 Å². The van der Waals surface area contributed by atoms with Crippen LogP contribution in [0.1, 0.15) is 72.0 Å². The normalized spacial score (nSPS) is 15.7. The minimum atomic E-state index is -2.32. The third-order valence-electron chi connectivity index (χ3n) is 5.64. The Hall–Kier alpha value is -1.87. The molecule has 0 radical (unpaired) electrons. The standard InChI is InChI=1S/C19H30N4O2S.C6H10F2/c1-8-11-23-16-10-9-14(12-15(16)20-18(23)19(2,3)4)22(6)26-21(5)13-17(24)25-7;7-6(8)4-2-1-3-5-6/h9-10,12H,8,11,13H2,1-7H3;1-5H2. The van der Waals surface area contributed by atoms with Gasteiger partial charge in [0.1, 0.15) is 12.4 Å². The van der Waals surface area contributed by atoms with Gasteiger partial charge in [-0.3, -0.25) is 4.79 Å². The number of alkyl halides is 2. The molecule has 1 aromatic carbocycles. The van der Waals surface area contributed by atoms with E-state index in [1.807, 2.05) is 22.7 Å². The number of hydrogen-bond acceptors (Lipinski definition) is 6. The van der Waals surface area contributed by atoms with E-state index in [9.17, 15) is 13.6 Å². The van der Waals surface area contributed by atoms with Gasteiger partial charge >= 0.3 is 5.97 Å². The third kappa shape index (κ3) is 8.12. The highest BCUT2D eigenvalue weighted by Gasteiger charge is 2.30. The molecule has 0 unspecified atom stereocenters. The number of aromatic nitrogens is 2. The number of carbonyl (C=O) groups is 1. The molecule has 1 aromatic heterocycles. The fraction of sp³-hybridized carbons (Fsp3) is 0.680. The summed E-state index contributed by atoms with van der Waals surface area (Å²) in [7, 11) is 5.25. The van der Waals surface area contributed by atoms with Crippen LogP contribution < -0.4 is 4.31 Å². The number of rotatable bonds is 7. The summed E-state index contributed by atoms with van der Waals surface area (Å²) in [6.45, 7) is 9.98. The van der Waals surface area contributed by atoms with Crippen LogP contribution in [0.2, 0.25) is 0 Å². The van der Waals surface area contributed by atoms with E-state index in [2.05, 4.69) is 50.5 Å². The molecular weight excluding hydrogens is 458 g/mol. The molecular formula is C25H40F2N4O2S. The Morgan fingerprint density at radius 3 is 2.35 bits per heavy atom. The van der Waals surface area contributed by atoms with Gasteiger partial charge in [-0.2, -0.15) is 0 Å². The second-order valence-electron chi connectivity index (χ2n) is 9.87. The molecule has 1 aliphatic carbocycles. The Balaban J connectivity index is 0.000000430. The number of likely N-dealkylation sites (N-methyl/N-ethyl adjacent to an activating group) is 1. The largest absolute Gasteiger partial charge is 0.468 e. The van der Waals surface area contributed by atoms with Gasteiger partial charge in [0.15, 0.2) is 0 Å². The van der Waals surface area contributed by atoms with E-state index in [-0.39, 0.29) is 30.8 Å². The topological polar surface area (TPSA) is 50.6 Å². The lowest BCUT2D eigenvalue weighted by Gasteiger charge is -2.23. The molecule has 1 saturated carbocycles. The van der Waals surface area contributed by atoms with Gasteiger partial charge in [-0.25, -0.2) is 18.1 Å². The van der Waals surface area contributed by atoms with Crippen LogP contribution in [-0.2, 0) is 21.5 Å². The minimum Gasteiger partial charge on any atom is -0.468 e. The van der Waals surface area contributed by atoms with Gasteiger partial charge in [0, 0.05) is 44.0 Å². The van der Waals surface area contributed by atoms with Crippen molar-refractivity contribution in [3.63, 3.8) is 0 Å². The van der Waals surface area contributed by atoms with Crippen LogP contribution in [0.3, 0.4) is 0 Å². The predicted octanol–water partition coefficient (Wildman–Crippen LogP) is 6.43. The Morgan fingerprint density at radius 1 is 1.21 bits per heavy atom. The van der Waals surface area contributed by atoms with Crippen molar-refractivity contribution >= 4 is 34.8 Å². The summed E-state index contributed by atoms with van der Waals surface area (Å²) >= 11 is 1.46. The lowest BCUT2D eigenvalue weighted by Crippen LogP contribution is -2.25. The number of hydrogen-bond donors (Lipinski definition) is 0. The molecule has 0 saturated heterocycles. The average Bonchev–Trinajstić information content (AvgIpc) is 3.12. The van der Waals surface area contributed by atoms with Gasteiger partial charge in [-0.1, -0.05) is 34.1 Å². The maximum absolute atomic E-state index is 12.2. The maximum atomic E-state index is 12.2. The van der Waals surface area contributed by atoms with Gasteiger partial charge < -0.3 is 13.6 Å². The molecule has 1 aliphatic rings. The highest BCUT2D eigenvalue weighted by molar-refractivity contribution is 7.98. The number of methoxy groups -OCH3 is 1. The zero-order valence-electron chi connectivity index (χ0n) is 21.7. The van der Waals surface area contributed by atoms with Gasteiger partial charge in [0.05, 0.1) is 23.8 Å². The van der Waals surface area contributed by atoms with Crippen molar-refractivity contribution < 1.29 is 18.3 Å². The lowest BCUT2D eigenvalue weighted by atomic mass is 9.95. The predicted molar refractivity (Wildman–Crippen MR) is 137 cm³/mol. The fourth-order valence-electron chi connectivity index (χ4n) is 3.94. The molecule has 0 atom stereocenters. The van der Waals surface area contributed by atoms with Gasteiger partial charge in [0.25, 0.3) is 0 Å². The van der Waals surface area contributed by atoms with Crippen molar-refractivity contribution in [3.8, 4) is 0 Å². The lowest BCUT2D eigenvalue weighted by molar-refractivity contribution is -0.140. The molecule has 0 amide bonds. The van der Waals surface area contributed by atoms with Crippen molar-refractivity contribution in [1.29, 1.82) is 0 Å². The first-order valence-corrected chi connectivity index (χ1v) is 12.7. The van der Waals surface area contributed by atoms with E-state index in [0.717, 1.165) is 36.4 Å². The highest BCUT2D eigenvalue weighted by Crippen LogP contribution is 2.32. The quantitative estimate of drug-likeness (QED) is 0.324. The molecule has 0 spiro atoms. The van der Waals surface area contributed by atoms with Gasteiger partial charge in [-0.05, 0) is 44.5 Å². The summed E-state index contributed by atoms with van der Waals surface area (Å²) in [6.07, 6.45) is 3.74. The van der Waals surface area contributed by atoms with E-state index < -0.39 is 5.92 Å². The minimum absolute atomic E-state index is 0.00423. The van der Waals surface area contributed by atoms with E-state index >= 15 is 0 Å². The molecule has 1 fully saturated rings. The SMILES string of the molecule is CCCn1c(C(C)(C)C)nc2cc(N(C)SN(C)CC(=O)OC)ccc21.FC1(F)CCCCC1. The van der Waals surface area contributed by atoms with Crippen LogP contribution in [0.4, 0.5) is 14.5 Å². The summed E-state index contributed by atoms with van der Waals surface area (Å²) in [6, 6.07) is 6.34. The molecule has 3 rings (SSSR count). The monoisotopic (exact) mass is 498 g/mol. The summed E-state index contributed by atoms with van der Waals surface area (Å²) in [5.41, 5.74) is 3.21. The number of anilines is 1. The number of aryl methyl sites for hydroxylation is 1. The fourth-order valence-corrected chi connectivity index (χ4v) is 4.73.